The minimum absolute atomic E-state index is 0.393. The van der Waals surface area contributed by atoms with Gasteiger partial charge in [0.1, 0.15) is 6.10 Å². The molecule has 1 atom stereocenters. The first-order valence-corrected chi connectivity index (χ1v) is 10.2. The Morgan fingerprint density at radius 3 is 2.26 bits per heavy atom. The van der Waals surface area contributed by atoms with Crippen molar-refractivity contribution in [3.05, 3.63) is 0 Å². The van der Waals surface area contributed by atoms with Crippen LogP contribution in [0, 0.1) is 0 Å². The van der Waals surface area contributed by atoms with E-state index < -0.39 is 8.56 Å². The monoisotopic (exact) mass is 290 g/mol. The van der Waals surface area contributed by atoms with Gasteiger partial charge in [-0.2, -0.15) is 0 Å². The van der Waals surface area contributed by atoms with E-state index in [1.807, 2.05) is 13.8 Å². The first-order chi connectivity index (χ1) is 9.20. The molecule has 1 saturated heterocycles. The van der Waals surface area contributed by atoms with E-state index in [0.29, 0.717) is 6.10 Å². The summed E-state index contributed by atoms with van der Waals surface area (Å²) < 4.78 is 22.3. The van der Waals surface area contributed by atoms with Crippen LogP contribution in [0.4, 0.5) is 0 Å². The maximum atomic E-state index is 5.83. The fourth-order valence-electron chi connectivity index (χ4n) is 2.18. The maximum absolute atomic E-state index is 5.83. The molecule has 0 N–H and O–H groups in total. The second-order valence-corrected chi connectivity index (χ2v) is 8.54. The molecule has 0 saturated carbocycles. The molecule has 0 radical (unpaired) electrons. The Kier molecular flexibility index (Phi) is 8.90. The number of hydrogen-bond donors (Lipinski definition) is 0. The zero-order chi connectivity index (χ0) is 14.0. The largest absolute Gasteiger partial charge is 0.395 e. The fraction of sp³-hybridized carbons (Fsp3) is 1.00. The molecule has 19 heavy (non-hydrogen) atoms. The van der Waals surface area contributed by atoms with Gasteiger partial charge in [0.15, 0.2) is 0 Å². The Bertz CT molecular complexity index is 215. The molecule has 0 spiro atoms. The minimum atomic E-state index is -1.88. The SMILES string of the molecule is CCO[Si](C)(CCCCCCOCC1CO1)OCC. The third kappa shape index (κ3) is 8.76. The van der Waals surface area contributed by atoms with E-state index in [2.05, 4.69) is 6.55 Å². The fourth-order valence-corrected chi connectivity index (χ4v) is 4.67. The molecule has 0 aromatic rings. The van der Waals surface area contributed by atoms with Gasteiger partial charge in [0.2, 0.25) is 0 Å². The van der Waals surface area contributed by atoms with Gasteiger partial charge in [-0.25, -0.2) is 0 Å². The molecule has 5 heteroatoms. The molecule has 4 nitrogen and oxygen atoms in total. The Balaban J connectivity index is 1.91. The summed E-state index contributed by atoms with van der Waals surface area (Å²) >= 11 is 0. The highest BCUT2D eigenvalue weighted by Crippen LogP contribution is 2.18. The third-order valence-corrected chi connectivity index (χ3v) is 6.34. The van der Waals surface area contributed by atoms with Crippen LogP contribution in [0.15, 0.2) is 0 Å². The van der Waals surface area contributed by atoms with E-state index in [4.69, 9.17) is 18.3 Å². The van der Waals surface area contributed by atoms with Crippen molar-refractivity contribution in [1.82, 2.24) is 0 Å². The molecule has 0 aromatic heterocycles. The van der Waals surface area contributed by atoms with E-state index >= 15 is 0 Å². The van der Waals surface area contributed by atoms with Gasteiger partial charge in [-0.1, -0.05) is 19.3 Å². The van der Waals surface area contributed by atoms with Gasteiger partial charge in [0.05, 0.1) is 13.2 Å². The molecule has 1 aliphatic rings. The molecule has 1 unspecified atom stereocenters. The van der Waals surface area contributed by atoms with E-state index in [1.54, 1.807) is 0 Å². The van der Waals surface area contributed by atoms with Crippen molar-refractivity contribution in [1.29, 1.82) is 0 Å². The van der Waals surface area contributed by atoms with Crippen molar-refractivity contribution >= 4 is 8.56 Å². The van der Waals surface area contributed by atoms with Crippen LogP contribution in [0.2, 0.25) is 12.6 Å². The summed E-state index contributed by atoms with van der Waals surface area (Å²) in [6.07, 6.45) is 5.22. The topological polar surface area (TPSA) is 40.2 Å². The predicted octanol–water partition coefficient (Wildman–Crippen LogP) is 3.11. The Morgan fingerprint density at radius 1 is 1.05 bits per heavy atom. The lowest BCUT2D eigenvalue weighted by molar-refractivity contribution is 0.113. The molecule has 1 aliphatic heterocycles. The van der Waals surface area contributed by atoms with Crippen LogP contribution in [-0.4, -0.2) is 47.7 Å². The van der Waals surface area contributed by atoms with Crippen LogP contribution >= 0.6 is 0 Å². The predicted molar refractivity (Wildman–Crippen MR) is 78.7 cm³/mol. The van der Waals surface area contributed by atoms with E-state index in [0.717, 1.165) is 45.5 Å². The lowest BCUT2D eigenvalue weighted by Crippen LogP contribution is -2.38. The summed E-state index contributed by atoms with van der Waals surface area (Å²) in [6, 6.07) is 1.10. The lowest BCUT2D eigenvalue weighted by atomic mass is 10.2. The van der Waals surface area contributed by atoms with E-state index in [9.17, 15) is 0 Å². The molecule has 0 aliphatic carbocycles. The van der Waals surface area contributed by atoms with Gasteiger partial charge >= 0.3 is 8.56 Å². The highest BCUT2D eigenvalue weighted by atomic mass is 28.4. The third-order valence-electron chi connectivity index (χ3n) is 3.28. The van der Waals surface area contributed by atoms with Crippen LogP contribution in [0.1, 0.15) is 39.5 Å². The van der Waals surface area contributed by atoms with E-state index in [-0.39, 0.29) is 0 Å². The van der Waals surface area contributed by atoms with E-state index in [1.165, 1.54) is 19.3 Å². The van der Waals surface area contributed by atoms with Crippen molar-refractivity contribution in [2.75, 3.05) is 33.0 Å². The second kappa shape index (κ2) is 9.88. The van der Waals surface area contributed by atoms with Crippen LogP contribution < -0.4 is 0 Å². The van der Waals surface area contributed by atoms with Crippen LogP contribution in [-0.2, 0) is 18.3 Å². The summed E-state index contributed by atoms with van der Waals surface area (Å²) in [6.45, 7) is 10.3. The van der Waals surface area contributed by atoms with Crippen LogP contribution in [0.25, 0.3) is 0 Å². The second-order valence-electron chi connectivity index (χ2n) is 5.19. The minimum Gasteiger partial charge on any atom is -0.395 e. The van der Waals surface area contributed by atoms with Crippen molar-refractivity contribution in [2.24, 2.45) is 0 Å². The Labute approximate surface area is 119 Å². The number of hydrogen-bond acceptors (Lipinski definition) is 4. The van der Waals surface area contributed by atoms with Crippen molar-refractivity contribution in [3.63, 3.8) is 0 Å². The Hall–Kier alpha value is 0.0569. The molecule has 0 amide bonds. The molecule has 1 rings (SSSR count). The van der Waals surface area contributed by atoms with Crippen LogP contribution in [0.3, 0.4) is 0 Å². The molecule has 0 bridgehead atoms. The number of epoxide rings is 1. The summed E-state index contributed by atoms with van der Waals surface area (Å²) in [4.78, 5) is 0. The van der Waals surface area contributed by atoms with Crippen molar-refractivity contribution in [3.8, 4) is 0 Å². The quantitative estimate of drug-likeness (QED) is 0.297. The van der Waals surface area contributed by atoms with Gasteiger partial charge in [-0.3, -0.25) is 0 Å². The van der Waals surface area contributed by atoms with Gasteiger partial charge < -0.3 is 18.3 Å². The average Bonchev–Trinajstić information content (AvgIpc) is 3.17. The summed E-state index contributed by atoms with van der Waals surface area (Å²) in [5.74, 6) is 0. The summed E-state index contributed by atoms with van der Waals surface area (Å²) in [7, 11) is -1.88. The van der Waals surface area contributed by atoms with Gasteiger partial charge in [0.25, 0.3) is 0 Å². The highest BCUT2D eigenvalue weighted by Gasteiger charge is 2.29. The lowest BCUT2D eigenvalue weighted by Gasteiger charge is -2.25. The zero-order valence-electron chi connectivity index (χ0n) is 12.8. The first kappa shape index (κ1) is 17.1. The molecular weight excluding hydrogens is 260 g/mol. The van der Waals surface area contributed by atoms with Crippen LogP contribution in [0.5, 0.6) is 0 Å². The molecule has 0 aromatic carbocycles. The van der Waals surface area contributed by atoms with Crippen molar-refractivity contribution in [2.45, 2.75) is 58.2 Å². The highest BCUT2D eigenvalue weighted by molar-refractivity contribution is 6.66. The smallest absolute Gasteiger partial charge is 0.334 e. The molecule has 114 valence electrons. The standard InChI is InChI=1S/C14H30O4Si/c1-4-17-19(3,18-5-2)11-9-7-6-8-10-15-12-14-13-16-14/h14H,4-13H2,1-3H3. The summed E-state index contributed by atoms with van der Waals surface area (Å²) in [5.41, 5.74) is 0. The zero-order valence-corrected chi connectivity index (χ0v) is 13.8. The first-order valence-electron chi connectivity index (χ1n) is 7.67. The number of ether oxygens (including phenoxy) is 2. The average molecular weight is 290 g/mol. The number of rotatable bonds is 13. The summed E-state index contributed by atoms with van der Waals surface area (Å²) in [5, 5.41) is 0. The molecule has 1 fully saturated rings. The van der Waals surface area contributed by atoms with Gasteiger partial charge in [-0.15, -0.1) is 0 Å². The normalized spacial score (nSPS) is 18.8. The molecular formula is C14H30O4Si. The van der Waals surface area contributed by atoms with Gasteiger partial charge in [0, 0.05) is 19.8 Å². The number of unbranched alkanes of at least 4 members (excludes halogenated alkanes) is 3. The van der Waals surface area contributed by atoms with Gasteiger partial charge in [-0.05, 0) is 32.9 Å². The maximum Gasteiger partial charge on any atom is 0.334 e. The van der Waals surface area contributed by atoms with Crippen molar-refractivity contribution < 1.29 is 18.3 Å². The Morgan fingerprint density at radius 2 is 1.68 bits per heavy atom. The molecule has 1 heterocycles.